The number of rotatable bonds is 7. The first-order chi connectivity index (χ1) is 14.0. The Hall–Kier alpha value is -3.15. The van der Waals surface area contributed by atoms with Gasteiger partial charge in [0.25, 0.3) is 0 Å². The fourth-order valence-electron chi connectivity index (χ4n) is 3.11. The van der Waals surface area contributed by atoms with Crippen LogP contribution in [0.3, 0.4) is 0 Å². The molecule has 3 rings (SSSR count). The lowest BCUT2D eigenvalue weighted by Gasteiger charge is -2.21. The highest BCUT2D eigenvalue weighted by molar-refractivity contribution is 5.91. The first kappa shape index (κ1) is 20.6. The number of hydrogen-bond donors (Lipinski definition) is 0. The quantitative estimate of drug-likeness (QED) is 0.668. The number of nitrogens with zero attached hydrogens (tertiary/aromatic N) is 1. The van der Waals surface area contributed by atoms with Crippen molar-refractivity contribution in [3.63, 3.8) is 0 Å². The fourth-order valence-corrected chi connectivity index (χ4v) is 3.11. The molecule has 6 nitrogen and oxygen atoms in total. The molecule has 0 bridgehead atoms. The van der Waals surface area contributed by atoms with Crippen LogP contribution in [-0.4, -0.2) is 51.3 Å². The number of carbonyl (C=O) groups is 1. The van der Waals surface area contributed by atoms with Gasteiger partial charge in [-0.15, -0.1) is 0 Å². The average molecular weight is 397 g/mol. The summed E-state index contributed by atoms with van der Waals surface area (Å²) in [5, 5.41) is 0. The summed E-state index contributed by atoms with van der Waals surface area (Å²) < 4.78 is 22.4. The van der Waals surface area contributed by atoms with Crippen molar-refractivity contribution in [3.8, 4) is 23.0 Å². The van der Waals surface area contributed by atoms with Gasteiger partial charge in [-0.05, 0) is 60.9 Å². The molecular weight excluding hydrogens is 370 g/mol. The summed E-state index contributed by atoms with van der Waals surface area (Å²) in [4.78, 5) is 14.0. The van der Waals surface area contributed by atoms with Crippen LogP contribution in [0, 0.1) is 13.8 Å². The van der Waals surface area contributed by atoms with E-state index < -0.39 is 0 Å². The number of carbonyl (C=O) groups excluding carboxylic acids is 1. The maximum atomic E-state index is 12.4. The Kier molecular flexibility index (Phi) is 6.65. The zero-order valence-electron chi connectivity index (χ0n) is 17.4. The molecule has 2 aromatic rings. The Balaban J connectivity index is 1.57. The molecule has 0 spiro atoms. The highest BCUT2D eigenvalue weighted by atomic mass is 16.6. The van der Waals surface area contributed by atoms with E-state index in [9.17, 15) is 4.79 Å². The van der Waals surface area contributed by atoms with Crippen molar-refractivity contribution in [1.29, 1.82) is 0 Å². The van der Waals surface area contributed by atoms with E-state index in [1.165, 1.54) is 6.08 Å². The third-order valence-electron chi connectivity index (χ3n) is 4.54. The normalized spacial score (nSPS) is 12.7. The van der Waals surface area contributed by atoms with Gasteiger partial charge < -0.3 is 23.8 Å². The molecule has 6 heteroatoms. The summed E-state index contributed by atoms with van der Waals surface area (Å²) in [6.45, 7) is 5.97. The Morgan fingerprint density at radius 2 is 1.83 bits per heavy atom. The largest absolute Gasteiger partial charge is 0.493 e. The zero-order valence-corrected chi connectivity index (χ0v) is 17.4. The topological polar surface area (TPSA) is 57.2 Å². The first-order valence-electron chi connectivity index (χ1n) is 9.58. The van der Waals surface area contributed by atoms with E-state index in [2.05, 4.69) is 6.07 Å². The SMILES string of the molecule is COc1cc(/C=C/C(=O)N(C)CCOc2cc(C)cc(C)c2)cc2c1OCCO2. The van der Waals surface area contributed by atoms with Gasteiger partial charge in [-0.1, -0.05) is 6.07 Å². The maximum Gasteiger partial charge on any atom is 0.246 e. The number of methoxy groups -OCH3 is 1. The number of fused-ring (bicyclic) bond motifs is 1. The molecule has 0 aromatic heterocycles. The second kappa shape index (κ2) is 9.37. The van der Waals surface area contributed by atoms with Crippen molar-refractivity contribution in [3.05, 3.63) is 53.1 Å². The van der Waals surface area contributed by atoms with E-state index >= 15 is 0 Å². The Bertz CT molecular complexity index is 869. The number of hydrogen-bond acceptors (Lipinski definition) is 5. The van der Waals surface area contributed by atoms with Crippen molar-refractivity contribution in [2.24, 2.45) is 0 Å². The molecule has 0 N–H and O–H groups in total. The molecule has 0 fully saturated rings. The summed E-state index contributed by atoms with van der Waals surface area (Å²) >= 11 is 0. The smallest absolute Gasteiger partial charge is 0.246 e. The van der Waals surface area contributed by atoms with E-state index in [4.69, 9.17) is 18.9 Å². The monoisotopic (exact) mass is 397 g/mol. The van der Waals surface area contributed by atoms with Crippen LogP contribution in [0.25, 0.3) is 6.08 Å². The second-order valence-electron chi connectivity index (χ2n) is 7.01. The molecule has 0 atom stereocenters. The lowest BCUT2D eigenvalue weighted by atomic mass is 10.1. The van der Waals surface area contributed by atoms with Gasteiger partial charge in [0.15, 0.2) is 11.5 Å². The van der Waals surface area contributed by atoms with Gasteiger partial charge >= 0.3 is 0 Å². The molecule has 0 unspecified atom stereocenters. The molecule has 1 heterocycles. The summed E-state index contributed by atoms with van der Waals surface area (Å²) in [5.74, 6) is 2.52. The van der Waals surface area contributed by atoms with Crippen molar-refractivity contribution in [2.75, 3.05) is 40.5 Å². The Morgan fingerprint density at radius 3 is 2.55 bits per heavy atom. The zero-order chi connectivity index (χ0) is 20.8. The third kappa shape index (κ3) is 5.44. The van der Waals surface area contributed by atoms with E-state index in [1.807, 2.05) is 38.1 Å². The Morgan fingerprint density at radius 1 is 1.10 bits per heavy atom. The van der Waals surface area contributed by atoms with Crippen molar-refractivity contribution in [1.82, 2.24) is 4.90 Å². The van der Waals surface area contributed by atoms with Gasteiger partial charge in [0, 0.05) is 13.1 Å². The number of amides is 1. The third-order valence-corrected chi connectivity index (χ3v) is 4.54. The minimum absolute atomic E-state index is 0.108. The molecule has 1 aliphatic heterocycles. The fraction of sp³-hybridized carbons (Fsp3) is 0.348. The lowest BCUT2D eigenvalue weighted by molar-refractivity contribution is -0.125. The molecule has 0 radical (unpaired) electrons. The van der Waals surface area contributed by atoms with Crippen molar-refractivity contribution in [2.45, 2.75) is 13.8 Å². The van der Waals surface area contributed by atoms with Gasteiger partial charge in [0.1, 0.15) is 25.6 Å². The van der Waals surface area contributed by atoms with Crippen LogP contribution in [-0.2, 0) is 4.79 Å². The van der Waals surface area contributed by atoms with Crippen LogP contribution in [0.1, 0.15) is 16.7 Å². The van der Waals surface area contributed by atoms with Gasteiger partial charge in [-0.2, -0.15) is 0 Å². The van der Waals surface area contributed by atoms with Crippen LogP contribution in [0.2, 0.25) is 0 Å². The predicted octanol–water partition coefficient (Wildman–Crippen LogP) is 3.63. The van der Waals surface area contributed by atoms with Crippen LogP contribution in [0.15, 0.2) is 36.4 Å². The molecule has 29 heavy (non-hydrogen) atoms. The van der Waals surface area contributed by atoms with Gasteiger partial charge in [-0.25, -0.2) is 0 Å². The minimum atomic E-state index is -0.108. The highest BCUT2D eigenvalue weighted by Gasteiger charge is 2.18. The molecule has 0 saturated carbocycles. The average Bonchev–Trinajstić information content (AvgIpc) is 2.70. The van der Waals surface area contributed by atoms with Crippen LogP contribution in [0.5, 0.6) is 23.0 Å². The lowest BCUT2D eigenvalue weighted by Crippen LogP contribution is -2.29. The molecular formula is C23H27NO5. The minimum Gasteiger partial charge on any atom is -0.493 e. The summed E-state index contributed by atoms with van der Waals surface area (Å²) in [7, 11) is 3.33. The van der Waals surface area contributed by atoms with E-state index in [0.717, 1.165) is 22.4 Å². The maximum absolute atomic E-state index is 12.4. The van der Waals surface area contributed by atoms with Crippen molar-refractivity contribution >= 4 is 12.0 Å². The predicted molar refractivity (Wildman–Crippen MR) is 112 cm³/mol. The number of aryl methyl sites for hydroxylation is 2. The summed E-state index contributed by atoms with van der Waals surface area (Å²) in [6, 6.07) is 9.73. The van der Waals surface area contributed by atoms with E-state index in [0.29, 0.717) is 43.6 Å². The second-order valence-corrected chi connectivity index (χ2v) is 7.01. The molecule has 2 aromatic carbocycles. The highest BCUT2D eigenvalue weighted by Crippen LogP contribution is 2.40. The summed E-state index contributed by atoms with van der Waals surface area (Å²) in [6.07, 6.45) is 3.27. The number of ether oxygens (including phenoxy) is 4. The van der Waals surface area contributed by atoms with Crippen LogP contribution >= 0.6 is 0 Å². The van der Waals surface area contributed by atoms with E-state index in [-0.39, 0.29) is 5.91 Å². The van der Waals surface area contributed by atoms with Crippen LogP contribution < -0.4 is 18.9 Å². The van der Waals surface area contributed by atoms with E-state index in [1.54, 1.807) is 25.1 Å². The number of likely N-dealkylation sites (N-methyl/N-ethyl adjacent to an activating group) is 1. The Labute approximate surface area is 171 Å². The van der Waals surface area contributed by atoms with Crippen molar-refractivity contribution < 1.29 is 23.7 Å². The van der Waals surface area contributed by atoms with Gasteiger partial charge in [-0.3, -0.25) is 4.79 Å². The molecule has 1 amide bonds. The van der Waals surface area contributed by atoms with Gasteiger partial charge in [0.05, 0.1) is 13.7 Å². The molecule has 0 aliphatic carbocycles. The van der Waals surface area contributed by atoms with Gasteiger partial charge in [0.2, 0.25) is 11.7 Å². The molecule has 1 aliphatic rings. The number of benzene rings is 2. The first-order valence-corrected chi connectivity index (χ1v) is 9.58. The summed E-state index contributed by atoms with van der Waals surface area (Å²) in [5.41, 5.74) is 3.11. The van der Waals surface area contributed by atoms with Crippen LogP contribution in [0.4, 0.5) is 0 Å². The standard InChI is InChI=1S/C23H27NO5/c1-16-11-17(2)13-19(12-16)27-8-7-24(3)22(25)6-5-18-14-20(26-4)23-21(15-18)28-9-10-29-23/h5-6,11-15H,7-10H2,1-4H3/b6-5+. The molecule has 154 valence electrons. The molecule has 0 saturated heterocycles.